The van der Waals surface area contributed by atoms with Gasteiger partial charge in [0.05, 0.1) is 0 Å². The SMILES string of the molecule is O=C(N[C@@H](CCO)C(=O)O)c1cc(F)c(F)c(F)c1. The summed E-state index contributed by atoms with van der Waals surface area (Å²) in [6.07, 6.45) is -0.271. The quantitative estimate of drug-likeness (QED) is 0.690. The Morgan fingerprint density at radius 1 is 1.21 bits per heavy atom. The average Bonchev–Trinajstić information content (AvgIpc) is 2.34. The third-order valence-corrected chi connectivity index (χ3v) is 2.27. The normalized spacial score (nSPS) is 12.0. The second-order valence-electron chi connectivity index (χ2n) is 3.63. The number of rotatable bonds is 5. The number of carbonyl (C=O) groups excluding carboxylic acids is 1. The zero-order valence-corrected chi connectivity index (χ0v) is 9.49. The van der Waals surface area contributed by atoms with Gasteiger partial charge >= 0.3 is 5.97 Å². The lowest BCUT2D eigenvalue weighted by Crippen LogP contribution is -2.41. The second-order valence-corrected chi connectivity index (χ2v) is 3.63. The van der Waals surface area contributed by atoms with Gasteiger partial charge in [-0.05, 0) is 12.1 Å². The molecule has 1 amide bonds. The number of aliphatic hydroxyl groups is 1. The van der Waals surface area contributed by atoms with E-state index in [1.165, 1.54) is 0 Å². The molecule has 0 fully saturated rings. The molecule has 1 aromatic rings. The first-order valence-corrected chi connectivity index (χ1v) is 5.16. The summed E-state index contributed by atoms with van der Waals surface area (Å²) in [5.74, 6) is -7.33. The van der Waals surface area contributed by atoms with E-state index in [4.69, 9.17) is 10.2 Å². The van der Waals surface area contributed by atoms with Crippen LogP contribution in [0.25, 0.3) is 0 Å². The molecule has 1 aromatic carbocycles. The number of halogens is 3. The first kappa shape index (κ1) is 15.0. The maximum Gasteiger partial charge on any atom is 0.326 e. The van der Waals surface area contributed by atoms with Crippen molar-refractivity contribution in [3.8, 4) is 0 Å². The molecule has 19 heavy (non-hydrogen) atoms. The average molecular weight is 277 g/mol. The number of hydrogen-bond acceptors (Lipinski definition) is 3. The number of aliphatic carboxylic acids is 1. The monoisotopic (exact) mass is 277 g/mol. The molecule has 0 spiro atoms. The van der Waals surface area contributed by atoms with Crippen LogP contribution in [0.4, 0.5) is 13.2 Å². The highest BCUT2D eigenvalue weighted by molar-refractivity contribution is 5.96. The fourth-order valence-electron chi connectivity index (χ4n) is 1.31. The van der Waals surface area contributed by atoms with Crippen molar-refractivity contribution in [1.82, 2.24) is 5.32 Å². The molecule has 0 saturated heterocycles. The van der Waals surface area contributed by atoms with Crippen LogP contribution in [-0.4, -0.2) is 34.7 Å². The Hall–Kier alpha value is -2.09. The van der Waals surface area contributed by atoms with Gasteiger partial charge in [-0.25, -0.2) is 18.0 Å². The van der Waals surface area contributed by atoms with E-state index in [1.807, 2.05) is 5.32 Å². The lowest BCUT2D eigenvalue weighted by atomic mass is 10.1. The van der Waals surface area contributed by atoms with Gasteiger partial charge in [-0.3, -0.25) is 4.79 Å². The van der Waals surface area contributed by atoms with Gasteiger partial charge in [0.15, 0.2) is 17.5 Å². The Labute approximate surface area is 105 Å². The van der Waals surface area contributed by atoms with Crippen LogP contribution < -0.4 is 5.32 Å². The summed E-state index contributed by atoms with van der Waals surface area (Å²) < 4.78 is 38.5. The van der Waals surface area contributed by atoms with Crippen LogP contribution in [0.1, 0.15) is 16.8 Å². The van der Waals surface area contributed by atoms with E-state index < -0.39 is 47.5 Å². The molecule has 0 heterocycles. The molecule has 0 saturated carbocycles. The van der Waals surface area contributed by atoms with Crippen molar-refractivity contribution in [3.63, 3.8) is 0 Å². The number of aliphatic hydroxyl groups excluding tert-OH is 1. The molecule has 0 unspecified atom stereocenters. The van der Waals surface area contributed by atoms with Crippen molar-refractivity contribution in [2.24, 2.45) is 0 Å². The van der Waals surface area contributed by atoms with Crippen molar-refractivity contribution in [2.45, 2.75) is 12.5 Å². The summed E-state index contributed by atoms with van der Waals surface area (Å²) in [6.45, 7) is -0.497. The van der Waals surface area contributed by atoms with E-state index in [9.17, 15) is 22.8 Å². The molecule has 0 bridgehead atoms. The van der Waals surface area contributed by atoms with Crippen molar-refractivity contribution in [2.75, 3.05) is 6.61 Å². The molecule has 0 aliphatic rings. The standard InChI is InChI=1S/C11H10F3NO4/c12-6-3-5(4-7(13)9(6)14)10(17)15-8(1-2-16)11(18)19/h3-4,8,16H,1-2H2,(H,15,17)(H,18,19)/t8-/m0/s1. The van der Waals surface area contributed by atoms with E-state index in [2.05, 4.69) is 0 Å². The van der Waals surface area contributed by atoms with Gasteiger partial charge in [0, 0.05) is 18.6 Å². The van der Waals surface area contributed by atoms with Gasteiger partial charge in [0.25, 0.3) is 5.91 Å². The lowest BCUT2D eigenvalue weighted by molar-refractivity contribution is -0.139. The van der Waals surface area contributed by atoms with Crippen molar-refractivity contribution >= 4 is 11.9 Å². The number of amides is 1. The highest BCUT2D eigenvalue weighted by atomic mass is 19.2. The van der Waals surface area contributed by atoms with Crippen LogP contribution in [0.3, 0.4) is 0 Å². The number of hydrogen-bond donors (Lipinski definition) is 3. The number of carbonyl (C=O) groups is 2. The minimum Gasteiger partial charge on any atom is -0.480 e. The van der Waals surface area contributed by atoms with E-state index in [-0.39, 0.29) is 6.42 Å². The Kier molecular flexibility index (Phi) is 4.87. The highest BCUT2D eigenvalue weighted by Gasteiger charge is 2.21. The molecule has 0 aliphatic heterocycles. The molecule has 0 aromatic heterocycles. The minimum atomic E-state index is -1.72. The highest BCUT2D eigenvalue weighted by Crippen LogP contribution is 2.13. The fraction of sp³-hybridized carbons (Fsp3) is 0.273. The summed E-state index contributed by atoms with van der Waals surface area (Å²) in [6, 6.07) is -0.509. The maximum atomic E-state index is 12.9. The van der Waals surface area contributed by atoms with Gasteiger partial charge in [-0.1, -0.05) is 0 Å². The number of carboxylic acids is 1. The van der Waals surface area contributed by atoms with Crippen LogP contribution in [0.5, 0.6) is 0 Å². The first-order chi connectivity index (χ1) is 8.86. The molecule has 8 heteroatoms. The molecule has 104 valence electrons. The first-order valence-electron chi connectivity index (χ1n) is 5.16. The Morgan fingerprint density at radius 3 is 2.16 bits per heavy atom. The lowest BCUT2D eigenvalue weighted by Gasteiger charge is -2.13. The molecular formula is C11H10F3NO4. The third-order valence-electron chi connectivity index (χ3n) is 2.27. The Morgan fingerprint density at radius 2 is 1.74 bits per heavy atom. The predicted molar refractivity (Wildman–Crippen MR) is 56.9 cm³/mol. The number of benzene rings is 1. The molecule has 0 radical (unpaired) electrons. The molecule has 1 atom stereocenters. The maximum absolute atomic E-state index is 12.9. The molecular weight excluding hydrogens is 267 g/mol. The third kappa shape index (κ3) is 3.68. The van der Waals surface area contributed by atoms with Gasteiger partial charge in [-0.2, -0.15) is 0 Å². The predicted octanol–water partition coefficient (Wildman–Crippen LogP) is 0.669. The number of nitrogens with one attached hydrogen (secondary N) is 1. The zero-order chi connectivity index (χ0) is 14.6. The summed E-state index contributed by atoms with van der Waals surface area (Å²) in [5.41, 5.74) is -0.555. The summed E-state index contributed by atoms with van der Waals surface area (Å²) in [5, 5.41) is 19.3. The summed E-state index contributed by atoms with van der Waals surface area (Å²) in [7, 11) is 0. The van der Waals surface area contributed by atoms with Gasteiger partial charge in [0.2, 0.25) is 0 Å². The fourth-order valence-corrected chi connectivity index (χ4v) is 1.31. The van der Waals surface area contributed by atoms with Crippen molar-refractivity contribution < 1.29 is 33.0 Å². The molecule has 1 rings (SSSR count). The van der Waals surface area contributed by atoms with Gasteiger partial charge < -0.3 is 15.5 Å². The number of carboxylic acid groups (broad SMARTS) is 1. The van der Waals surface area contributed by atoms with Crippen LogP contribution in [0, 0.1) is 17.5 Å². The van der Waals surface area contributed by atoms with Crippen molar-refractivity contribution in [3.05, 3.63) is 35.1 Å². The Bertz CT molecular complexity index is 484. The van der Waals surface area contributed by atoms with E-state index in [0.29, 0.717) is 12.1 Å². The van der Waals surface area contributed by atoms with Gasteiger partial charge in [-0.15, -0.1) is 0 Å². The molecule has 5 nitrogen and oxygen atoms in total. The minimum absolute atomic E-state index is 0.271. The summed E-state index contributed by atoms with van der Waals surface area (Å²) >= 11 is 0. The van der Waals surface area contributed by atoms with Gasteiger partial charge in [0.1, 0.15) is 6.04 Å². The van der Waals surface area contributed by atoms with Crippen molar-refractivity contribution in [1.29, 1.82) is 0 Å². The molecule has 3 N–H and O–H groups in total. The van der Waals surface area contributed by atoms with Crippen LogP contribution in [0.15, 0.2) is 12.1 Å². The largest absolute Gasteiger partial charge is 0.480 e. The smallest absolute Gasteiger partial charge is 0.326 e. The van der Waals surface area contributed by atoms with E-state index in [1.54, 1.807) is 0 Å². The Balaban J connectivity index is 2.91. The summed E-state index contributed by atoms with van der Waals surface area (Å²) in [4.78, 5) is 22.2. The van der Waals surface area contributed by atoms with Crippen LogP contribution >= 0.6 is 0 Å². The molecule has 0 aliphatic carbocycles. The van der Waals surface area contributed by atoms with E-state index in [0.717, 1.165) is 0 Å². The van der Waals surface area contributed by atoms with Crippen LogP contribution in [0.2, 0.25) is 0 Å². The van der Waals surface area contributed by atoms with E-state index >= 15 is 0 Å². The topological polar surface area (TPSA) is 86.6 Å². The zero-order valence-electron chi connectivity index (χ0n) is 9.49. The second kappa shape index (κ2) is 6.19. The van der Waals surface area contributed by atoms with Crippen LogP contribution in [-0.2, 0) is 4.79 Å².